The number of carbonyl (C=O) groups excluding carboxylic acids is 2. The molecule has 184 valence electrons. The van der Waals surface area contributed by atoms with Gasteiger partial charge in [0.05, 0.1) is 17.1 Å². The highest BCUT2D eigenvalue weighted by molar-refractivity contribution is 7.91. The second-order valence-corrected chi connectivity index (χ2v) is 10.9. The molecule has 1 fully saturated rings. The monoisotopic (exact) mass is 496 g/mol. The number of benzene rings is 2. The Bertz CT molecular complexity index is 1120. The predicted molar refractivity (Wildman–Crippen MR) is 122 cm³/mol. The summed E-state index contributed by atoms with van der Waals surface area (Å²) in [5.41, 5.74) is 1.04. The van der Waals surface area contributed by atoms with E-state index in [1.54, 1.807) is 12.1 Å². The molecule has 2 amide bonds. The lowest BCUT2D eigenvalue weighted by Crippen LogP contribution is -2.48. The molecular weight excluding hydrogens is 469 g/mol. The summed E-state index contributed by atoms with van der Waals surface area (Å²) < 4.78 is 63.8. The smallest absolute Gasteiger partial charge is 0.340 e. The molecule has 1 aliphatic carbocycles. The molecular formula is C24H27F3N2O4S. The lowest BCUT2D eigenvalue weighted by molar-refractivity contribution is -0.162. The Balaban J connectivity index is 1.56. The number of sulfone groups is 1. The Morgan fingerprint density at radius 2 is 1.59 bits per heavy atom. The summed E-state index contributed by atoms with van der Waals surface area (Å²) in [6.45, 7) is 2.75. The zero-order chi connectivity index (χ0) is 25.1. The van der Waals surface area contributed by atoms with Crippen molar-refractivity contribution < 1.29 is 31.2 Å². The third-order valence-electron chi connectivity index (χ3n) is 5.54. The van der Waals surface area contributed by atoms with Crippen molar-refractivity contribution in [2.45, 2.75) is 50.2 Å². The molecule has 1 saturated carbocycles. The molecule has 0 aromatic heterocycles. The van der Waals surface area contributed by atoms with E-state index in [9.17, 15) is 31.2 Å². The minimum atomic E-state index is -4.56. The molecule has 0 spiro atoms. The first-order valence-corrected chi connectivity index (χ1v) is 12.6. The zero-order valence-electron chi connectivity index (χ0n) is 18.9. The summed E-state index contributed by atoms with van der Waals surface area (Å²) in [6, 6.07) is 9.75. The van der Waals surface area contributed by atoms with Gasteiger partial charge in [-0.2, -0.15) is 13.2 Å². The van der Waals surface area contributed by atoms with Gasteiger partial charge in [-0.25, -0.2) is 8.42 Å². The average Bonchev–Trinajstić information content (AvgIpc) is 3.55. The highest BCUT2D eigenvalue weighted by Gasteiger charge is 2.42. The molecule has 0 saturated heterocycles. The Kier molecular flexibility index (Phi) is 7.70. The van der Waals surface area contributed by atoms with Crippen LogP contribution in [0.4, 0.5) is 18.9 Å². The summed E-state index contributed by atoms with van der Waals surface area (Å²) in [7, 11) is -3.32. The number of alkyl halides is 3. The summed E-state index contributed by atoms with van der Waals surface area (Å²) >= 11 is 0. The van der Waals surface area contributed by atoms with E-state index in [0.29, 0.717) is 11.3 Å². The molecule has 0 heterocycles. The van der Waals surface area contributed by atoms with Gasteiger partial charge in [0.2, 0.25) is 5.91 Å². The summed E-state index contributed by atoms with van der Waals surface area (Å²) in [6.07, 6.45) is -2.67. The zero-order valence-corrected chi connectivity index (χ0v) is 19.7. The second-order valence-electron chi connectivity index (χ2n) is 8.91. The van der Waals surface area contributed by atoms with Crippen LogP contribution in [0.5, 0.6) is 0 Å². The summed E-state index contributed by atoms with van der Waals surface area (Å²) in [4.78, 5) is 24.8. The molecule has 34 heavy (non-hydrogen) atoms. The molecule has 2 aromatic carbocycles. The van der Waals surface area contributed by atoms with E-state index in [4.69, 9.17) is 0 Å². The van der Waals surface area contributed by atoms with Crippen molar-refractivity contribution in [2.75, 3.05) is 11.1 Å². The number of hydrogen-bond donors (Lipinski definition) is 2. The summed E-state index contributed by atoms with van der Waals surface area (Å²) in [5.74, 6) is -1.65. The third kappa shape index (κ3) is 7.06. The van der Waals surface area contributed by atoms with Crippen molar-refractivity contribution in [3.63, 3.8) is 0 Å². The predicted octanol–water partition coefficient (Wildman–Crippen LogP) is 4.37. The van der Waals surface area contributed by atoms with Crippen molar-refractivity contribution in [1.29, 1.82) is 0 Å². The SMILES string of the molecule is CC(C)[C@@H](NC(=O)c1ccc(NC(=O)Cc2ccc(S(=O)(=O)CC3CC3)cc2)cc1)C(F)(F)F. The van der Waals surface area contributed by atoms with Crippen LogP contribution in [0, 0.1) is 11.8 Å². The van der Waals surface area contributed by atoms with Crippen LogP contribution in [0.3, 0.4) is 0 Å². The molecule has 0 unspecified atom stereocenters. The number of carbonyl (C=O) groups is 2. The first kappa shape index (κ1) is 25.7. The van der Waals surface area contributed by atoms with Crippen molar-refractivity contribution >= 4 is 27.3 Å². The van der Waals surface area contributed by atoms with Gasteiger partial charge in [-0.15, -0.1) is 0 Å². The Labute approximate surface area is 196 Å². The van der Waals surface area contributed by atoms with Gasteiger partial charge in [0.25, 0.3) is 5.91 Å². The molecule has 10 heteroatoms. The van der Waals surface area contributed by atoms with E-state index in [0.717, 1.165) is 12.8 Å². The lowest BCUT2D eigenvalue weighted by atomic mass is 10.0. The number of anilines is 1. The topological polar surface area (TPSA) is 92.3 Å². The minimum Gasteiger partial charge on any atom is -0.340 e. The molecule has 2 aromatic rings. The quantitative estimate of drug-likeness (QED) is 0.539. The van der Waals surface area contributed by atoms with Crippen molar-refractivity contribution in [1.82, 2.24) is 5.32 Å². The molecule has 6 nitrogen and oxygen atoms in total. The highest BCUT2D eigenvalue weighted by atomic mass is 32.2. The van der Waals surface area contributed by atoms with Crippen LogP contribution in [0.2, 0.25) is 0 Å². The number of hydrogen-bond acceptors (Lipinski definition) is 4. The molecule has 3 rings (SSSR count). The number of nitrogens with one attached hydrogen (secondary N) is 2. The third-order valence-corrected chi connectivity index (χ3v) is 7.44. The lowest BCUT2D eigenvalue weighted by Gasteiger charge is -2.24. The van der Waals surface area contributed by atoms with Crippen LogP contribution >= 0.6 is 0 Å². The molecule has 2 N–H and O–H groups in total. The fourth-order valence-electron chi connectivity index (χ4n) is 3.45. The standard InChI is InChI=1S/C24H27F3N2O4S/c1-15(2)22(24(25,26)27)29-23(31)18-7-9-19(10-8-18)28-21(30)13-16-5-11-20(12-6-16)34(32,33)14-17-3-4-17/h5-12,15,17,22H,3-4,13-14H2,1-2H3,(H,28,30)(H,29,31)/t22-/m1/s1. The molecule has 0 aliphatic heterocycles. The van der Waals surface area contributed by atoms with Gasteiger partial charge >= 0.3 is 6.18 Å². The fraction of sp³-hybridized carbons (Fsp3) is 0.417. The first-order chi connectivity index (χ1) is 15.8. The molecule has 0 radical (unpaired) electrons. The molecule has 0 bridgehead atoms. The normalized spacial score (nSPS) is 15.1. The number of rotatable bonds is 9. The van der Waals surface area contributed by atoms with Crippen LogP contribution in [0.25, 0.3) is 0 Å². The largest absolute Gasteiger partial charge is 0.408 e. The van der Waals surface area contributed by atoms with Gasteiger partial charge in [-0.3, -0.25) is 9.59 Å². The van der Waals surface area contributed by atoms with Gasteiger partial charge in [0.15, 0.2) is 9.84 Å². The van der Waals surface area contributed by atoms with Crippen molar-refractivity contribution in [2.24, 2.45) is 11.8 Å². The van der Waals surface area contributed by atoms with Gasteiger partial charge in [0, 0.05) is 11.3 Å². The second kappa shape index (κ2) is 10.2. The van der Waals surface area contributed by atoms with Gasteiger partial charge in [0.1, 0.15) is 6.04 Å². The maximum absolute atomic E-state index is 13.1. The van der Waals surface area contributed by atoms with E-state index < -0.39 is 33.9 Å². The van der Waals surface area contributed by atoms with E-state index in [1.807, 2.05) is 5.32 Å². The van der Waals surface area contributed by atoms with Gasteiger partial charge in [-0.05, 0) is 66.6 Å². The minimum absolute atomic E-state index is 0.00679. The van der Waals surface area contributed by atoms with E-state index in [2.05, 4.69) is 5.32 Å². The Morgan fingerprint density at radius 3 is 2.09 bits per heavy atom. The van der Waals surface area contributed by atoms with E-state index in [1.165, 1.54) is 50.2 Å². The molecule has 1 aliphatic rings. The van der Waals surface area contributed by atoms with Gasteiger partial charge in [-0.1, -0.05) is 26.0 Å². The highest BCUT2D eigenvalue weighted by Crippen LogP contribution is 2.32. The van der Waals surface area contributed by atoms with Crippen LogP contribution in [0.1, 0.15) is 42.6 Å². The van der Waals surface area contributed by atoms with Crippen molar-refractivity contribution in [3.8, 4) is 0 Å². The average molecular weight is 497 g/mol. The first-order valence-electron chi connectivity index (χ1n) is 10.9. The maximum Gasteiger partial charge on any atom is 0.408 e. The number of halogens is 3. The van der Waals surface area contributed by atoms with E-state index >= 15 is 0 Å². The van der Waals surface area contributed by atoms with E-state index in [-0.39, 0.29) is 34.5 Å². The van der Waals surface area contributed by atoms with Gasteiger partial charge < -0.3 is 10.6 Å². The van der Waals surface area contributed by atoms with Crippen LogP contribution < -0.4 is 10.6 Å². The fourth-order valence-corrected chi connectivity index (χ4v) is 5.15. The molecule has 1 atom stereocenters. The van der Waals surface area contributed by atoms with Crippen LogP contribution in [-0.2, 0) is 21.1 Å². The van der Waals surface area contributed by atoms with Crippen LogP contribution in [0.15, 0.2) is 53.4 Å². The maximum atomic E-state index is 13.1. The Morgan fingerprint density at radius 1 is 1.00 bits per heavy atom. The number of amides is 2. The summed E-state index contributed by atoms with van der Waals surface area (Å²) in [5, 5.41) is 4.65. The Hall–Kier alpha value is -2.88. The van der Waals surface area contributed by atoms with Crippen molar-refractivity contribution in [3.05, 3.63) is 59.7 Å². The van der Waals surface area contributed by atoms with Crippen LogP contribution in [-0.4, -0.2) is 38.2 Å².